The van der Waals surface area contributed by atoms with Crippen molar-refractivity contribution in [3.63, 3.8) is 0 Å². The van der Waals surface area contributed by atoms with E-state index in [4.69, 9.17) is 9.47 Å². The van der Waals surface area contributed by atoms with Crippen LogP contribution in [0.4, 0.5) is 8.78 Å². The molecule has 8 nitrogen and oxygen atoms in total. The lowest BCUT2D eigenvalue weighted by molar-refractivity contribution is -0.130. The minimum absolute atomic E-state index is 0.0219. The van der Waals surface area contributed by atoms with Crippen molar-refractivity contribution in [1.82, 2.24) is 9.62 Å². The summed E-state index contributed by atoms with van der Waals surface area (Å²) in [5.74, 6) is 0.611. The summed E-state index contributed by atoms with van der Waals surface area (Å²) < 4.78 is 67.2. The lowest BCUT2D eigenvalue weighted by Crippen LogP contribution is -2.32. The van der Waals surface area contributed by atoms with Gasteiger partial charge in [0.05, 0.1) is 18.1 Å². The van der Waals surface area contributed by atoms with Crippen LogP contribution in [0.3, 0.4) is 0 Å². The van der Waals surface area contributed by atoms with Crippen LogP contribution >= 0.6 is 0 Å². The number of carbonyl (C=O) groups is 1. The van der Waals surface area contributed by atoms with Crippen molar-refractivity contribution in [2.24, 2.45) is 0 Å². The molecule has 0 spiro atoms. The number of rotatable bonds is 9. The van der Waals surface area contributed by atoms with Crippen molar-refractivity contribution < 1.29 is 36.2 Å². The molecule has 0 radical (unpaired) electrons. The lowest BCUT2D eigenvalue weighted by atomic mass is 10.2. The number of benzene rings is 2. The first kappa shape index (κ1) is 23.7. The Morgan fingerprint density at radius 1 is 1.12 bits per heavy atom. The van der Waals surface area contributed by atoms with E-state index in [1.54, 1.807) is 25.2 Å². The number of nitrogens with zero attached hydrogens (tertiary/aromatic N) is 1. The fraction of sp³-hybridized carbons (Fsp3) is 0.381. The highest BCUT2D eigenvalue weighted by molar-refractivity contribution is 7.89. The van der Waals surface area contributed by atoms with E-state index in [9.17, 15) is 22.0 Å². The lowest BCUT2D eigenvalue weighted by Gasteiger charge is -2.18. The third kappa shape index (κ3) is 6.54. The van der Waals surface area contributed by atoms with E-state index in [0.717, 1.165) is 5.56 Å². The Hall–Kier alpha value is -2.92. The summed E-state index contributed by atoms with van der Waals surface area (Å²) >= 11 is 0. The molecule has 174 valence electrons. The van der Waals surface area contributed by atoms with Crippen molar-refractivity contribution in [3.05, 3.63) is 48.0 Å². The summed E-state index contributed by atoms with van der Waals surface area (Å²) in [5, 5.41) is 0. The summed E-state index contributed by atoms with van der Waals surface area (Å²) in [5.41, 5.74) is 0.718. The van der Waals surface area contributed by atoms with Crippen molar-refractivity contribution in [2.75, 3.05) is 26.8 Å². The molecule has 0 aromatic heterocycles. The number of nitrogens with one attached hydrogen (secondary N) is 1. The molecular formula is C21H24F2N2O6S. The first-order valence-electron chi connectivity index (χ1n) is 9.91. The van der Waals surface area contributed by atoms with Gasteiger partial charge in [0, 0.05) is 39.0 Å². The third-order valence-electron chi connectivity index (χ3n) is 4.65. The number of alkyl halides is 2. The number of sulfonamides is 1. The van der Waals surface area contributed by atoms with Gasteiger partial charge in [-0.2, -0.15) is 8.78 Å². The van der Waals surface area contributed by atoms with Crippen LogP contribution in [-0.2, 0) is 21.4 Å². The Kier molecular flexibility index (Phi) is 7.86. The summed E-state index contributed by atoms with van der Waals surface area (Å²) in [6.45, 7) is -1.81. The van der Waals surface area contributed by atoms with Crippen LogP contribution in [0, 0.1) is 0 Å². The highest BCUT2D eigenvalue weighted by atomic mass is 32.2. The molecule has 1 amide bonds. The molecule has 0 aliphatic carbocycles. The zero-order valence-electron chi connectivity index (χ0n) is 17.4. The van der Waals surface area contributed by atoms with Gasteiger partial charge < -0.3 is 19.1 Å². The van der Waals surface area contributed by atoms with Crippen molar-refractivity contribution in [2.45, 2.75) is 30.9 Å². The van der Waals surface area contributed by atoms with Crippen LogP contribution in [-0.4, -0.2) is 52.6 Å². The van der Waals surface area contributed by atoms with E-state index in [1.165, 1.54) is 29.2 Å². The second-order valence-corrected chi connectivity index (χ2v) is 8.85. The molecule has 1 aliphatic rings. The summed E-state index contributed by atoms with van der Waals surface area (Å²) in [7, 11) is -2.26. The van der Waals surface area contributed by atoms with E-state index in [1.807, 2.05) is 0 Å². The summed E-state index contributed by atoms with van der Waals surface area (Å²) in [6, 6.07) is 10.3. The van der Waals surface area contributed by atoms with Crippen molar-refractivity contribution in [3.8, 4) is 17.2 Å². The van der Waals surface area contributed by atoms with Crippen LogP contribution in [0.25, 0.3) is 0 Å². The molecule has 0 fully saturated rings. The van der Waals surface area contributed by atoms with Gasteiger partial charge in [0.1, 0.15) is 5.75 Å². The van der Waals surface area contributed by atoms with E-state index in [2.05, 4.69) is 9.46 Å². The van der Waals surface area contributed by atoms with Gasteiger partial charge in [-0.1, -0.05) is 12.1 Å². The molecule has 0 unspecified atom stereocenters. The Morgan fingerprint density at radius 2 is 1.81 bits per heavy atom. The highest BCUT2D eigenvalue weighted by Gasteiger charge is 2.19. The van der Waals surface area contributed by atoms with Crippen LogP contribution in [0.15, 0.2) is 47.4 Å². The Balaban J connectivity index is 1.50. The molecule has 1 N–H and O–H groups in total. The van der Waals surface area contributed by atoms with E-state index in [0.29, 0.717) is 31.1 Å². The largest absolute Gasteiger partial charge is 0.490 e. The number of hydrogen-bond donors (Lipinski definition) is 1. The molecule has 2 aromatic rings. The molecule has 2 aromatic carbocycles. The van der Waals surface area contributed by atoms with Crippen LogP contribution < -0.4 is 18.9 Å². The van der Waals surface area contributed by atoms with E-state index in [-0.39, 0.29) is 36.1 Å². The van der Waals surface area contributed by atoms with Gasteiger partial charge in [-0.3, -0.25) is 4.79 Å². The van der Waals surface area contributed by atoms with Gasteiger partial charge in [-0.25, -0.2) is 13.1 Å². The molecular weight excluding hydrogens is 446 g/mol. The van der Waals surface area contributed by atoms with Gasteiger partial charge in [0.2, 0.25) is 15.9 Å². The average molecular weight is 470 g/mol. The molecule has 11 heteroatoms. The zero-order chi connectivity index (χ0) is 23.1. The maximum Gasteiger partial charge on any atom is 0.387 e. The second-order valence-electron chi connectivity index (χ2n) is 7.08. The van der Waals surface area contributed by atoms with E-state index < -0.39 is 16.6 Å². The van der Waals surface area contributed by atoms with Gasteiger partial charge >= 0.3 is 6.61 Å². The first-order valence-corrected chi connectivity index (χ1v) is 11.4. The highest BCUT2D eigenvalue weighted by Crippen LogP contribution is 2.31. The molecule has 3 rings (SSSR count). The van der Waals surface area contributed by atoms with Gasteiger partial charge in [0.25, 0.3) is 0 Å². The Morgan fingerprint density at radius 3 is 2.50 bits per heavy atom. The summed E-state index contributed by atoms with van der Waals surface area (Å²) in [6.07, 6.45) is 0.658. The third-order valence-corrected chi connectivity index (χ3v) is 6.11. The number of halogens is 2. The standard InChI is InChI=1S/C21H24F2N2O6S/c1-25(14-15-3-5-16(6-4-15)31-21(22)23)20(26)9-10-24-32(27,28)17-7-8-18-19(13-17)30-12-2-11-29-18/h3-8,13,21,24H,2,9-12,14H2,1H3. The fourth-order valence-corrected chi connectivity index (χ4v) is 4.06. The van der Waals surface area contributed by atoms with Crippen molar-refractivity contribution in [1.29, 1.82) is 0 Å². The fourth-order valence-electron chi connectivity index (χ4n) is 3.02. The molecule has 32 heavy (non-hydrogen) atoms. The predicted molar refractivity (Wildman–Crippen MR) is 111 cm³/mol. The summed E-state index contributed by atoms with van der Waals surface area (Å²) in [4.78, 5) is 13.8. The quantitative estimate of drug-likeness (QED) is 0.606. The predicted octanol–water partition coefficient (Wildman–Crippen LogP) is 2.78. The zero-order valence-corrected chi connectivity index (χ0v) is 18.2. The normalized spacial score (nSPS) is 13.5. The van der Waals surface area contributed by atoms with Crippen LogP contribution in [0.5, 0.6) is 17.2 Å². The smallest absolute Gasteiger partial charge is 0.387 e. The van der Waals surface area contributed by atoms with Crippen LogP contribution in [0.1, 0.15) is 18.4 Å². The molecule has 0 saturated heterocycles. The number of hydrogen-bond acceptors (Lipinski definition) is 6. The van der Waals surface area contributed by atoms with Gasteiger partial charge in [0.15, 0.2) is 11.5 Å². The molecule has 0 atom stereocenters. The van der Waals surface area contributed by atoms with Crippen molar-refractivity contribution >= 4 is 15.9 Å². The molecule has 0 bridgehead atoms. The number of ether oxygens (including phenoxy) is 3. The monoisotopic (exact) mass is 470 g/mol. The minimum Gasteiger partial charge on any atom is -0.490 e. The Bertz CT molecular complexity index is 1030. The SMILES string of the molecule is CN(Cc1ccc(OC(F)F)cc1)C(=O)CCNS(=O)(=O)c1ccc2c(c1)OCCCO2. The van der Waals surface area contributed by atoms with Crippen LogP contribution in [0.2, 0.25) is 0 Å². The maximum absolute atomic E-state index is 12.6. The van der Waals surface area contributed by atoms with Gasteiger partial charge in [-0.05, 0) is 29.8 Å². The van der Waals surface area contributed by atoms with E-state index >= 15 is 0 Å². The molecule has 1 heterocycles. The number of fused-ring (bicyclic) bond motifs is 1. The number of amides is 1. The number of carbonyl (C=O) groups excluding carboxylic acids is 1. The second kappa shape index (κ2) is 10.6. The Labute approximate surface area is 185 Å². The average Bonchev–Trinajstić information content (AvgIpc) is 2.99. The van der Waals surface area contributed by atoms with Gasteiger partial charge in [-0.15, -0.1) is 0 Å². The first-order chi connectivity index (χ1) is 15.2. The maximum atomic E-state index is 12.6. The minimum atomic E-state index is -3.83. The molecule has 0 saturated carbocycles. The topological polar surface area (TPSA) is 94.2 Å². The molecule has 1 aliphatic heterocycles.